The fraction of sp³-hybridized carbons (Fsp3) is 1.00. The summed E-state index contributed by atoms with van der Waals surface area (Å²) in [5, 5.41) is 1.02. The van der Waals surface area contributed by atoms with E-state index in [4.69, 9.17) is 0 Å². The Balaban J connectivity index is 3.85. The van der Waals surface area contributed by atoms with E-state index in [0.29, 0.717) is 0 Å². The predicted octanol–water partition coefficient (Wildman–Crippen LogP) is 7.24. The second-order valence-corrected chi connectivity index (χ2v) is 54.1. The summed E-state index contributed by atoms with van der Waals surface area (Å²) in [7, 11) is 0.201. The van der Waals surface area contributed by atoms with Gasteiger partial charge in [-0.2, -0.15) is 0 Å². The topological polar surface area (TPSA) is 0 Å². The zero-order valence-electron chi connectivity index (χ0n) is 17.1. The minimum atomic E-state index is -1.66. The molecule has 2 unspecified atom stereocenters. The third-order valence-corrected chi connectivity index (χ3v) is 71.4. The van der Waals surface area contributed by atoms with Crippen molar-refractivity contribution >= 4 is 33.8 Å². The Kier molecular flexibility index (Phi) is 5.13. The summed E-state index contributed by atoms with van der Waals surface area (Å²) in [6.45, 7) is 33.7. The van der Waals surface area contributed by atoms with Crippen molar-refractivity contribution in [2.75, 3.05) is 79.2 Å². The van der Waals surface area contributed by atoms with Gasteiger partial charge in [-0.1, -0.05) is 0 Å². The number of rotatable bonds is 1. The molecule has 0 aromatic carbocycles. The van der Waals surface area contributed by atoms with Crippen LogP contribution in [0.5, 0.6) is 0 Å². The summed E-state index contributed by atoms with van der Waals surface area (Å²) in [5.41, 5.74) is 0. The van der Waals surface area contributed by atoms with Gasteiger partial charge in [-0.05, 0) is 0 Å². The van der Waals surface area contributed by atoms with Crippen LogP contribution in [-0.2, 0) is 0 Å². The van der Waals surface area contributed by atoms with E-state index in [1.807, 2.05) is 0 Å². The molecule has 1 fully saturated rings. The van der Waals surface area contributed by atoms with Gasteiger partial charge in [0.15, 0.2) is 0 Å². The van der Waals surface area contributed by atoms with Gasteiger partial charge in [0.1, 0.15) is 0 Å². The molecule has 1 aliphatic rings. The van der Waals surface area contributed by atoms with E-state index in [2.05, 4.69) is 87.2 Å². The van der Waals surface area contributed by atoms with Gasteiger partial charge in [-0.3, -0.25) is 0 Å². The van der Waals surface area contributed by atoms with Crippen molar-refractivity contribution < 1.29 is 0 Å². The zero-order valence-corrected chi connectivity index (χ0v) is 21.6. The Labute approximate surface area is 138 Å². The van der Waals surface area contributed by atoms with Crippen molar-refractivity contribution in [1.29, 1.82) is 0 Å². The number of hydrogen-bond donors (Lipinski definition) is 0. The molecule has 1 rings (SSSR count). The van der Waals surface area contributed by atoms with Gasteiger partial charge < -0.3 is 0 Å². The Morgan fingerprint density at radius 1 is 0.905 bits per heavy atom. The average Bonchev–Trinajstić information content (AvgIpc) is 2.11. The van der Waals surface area contributed by atoms with Crippen molar-refractivity contribution in [3.05, 3.63) is 0 Å². The summed E-state index contributed by atoms with van der Waals surface area (Å²) >= 11 is 0. The molecule has 1 aliphatic heterocycles. The predicted molar refractivity (Wildman–Crippen MR) is 123 cm³/mol. The van der Waals surface area contributed by atoms with Crippen LogP contribution in [-0.4, -0.2) is 84.6 Å². The van der Waals surface area contributed by atoms with Crippen LogP contribution < -0.4 is 0 Å². The molecule has 5 heteroatoms. The first kappa shape index (κ1) is 21.2. The molecule has 0 saturated carbocycles. The quantitative estimate of drug-likeness (QED) is 0.414. The van der Waals surface area contributed by atoms with E-state index in [0.717, 1.165) is 11.3 Å². The van der Waals surface area contributed by atoms with Crippen LogP contribution in [0.4, 0.5) is 0 Å². The van der Waals surface area contributed by atoms with E-state index in [9.17, 15) is 0 Å². The molecule has 130 valence electrons. The van der Waals surface area contributed by atoms with E-state index >= 15 is 0 Å². The van der Waals surface area contributed by atoms with Gasteiger partial charge >= 0.3 is 138 Å². The van der Waals surface area contributed by atoms with Crippen LogP contribution >= 0.6 is 33.8 Å². The standard InChI is InChI=1S/C16H43P5/c1-15(2)16-19(6,7)21(11,12,13)17(3)14-18(4,5)20(16,8,9)10/h15-16H,14H2,1-13H3/q+2. The van der Waals surface area contributed by atoms with E-state index in [1.165, 1.54) is 0 Å². The maximum absolute atomic E-state index is 2.78. The van der Waals surface area contributed by atoms with Gasteiger partial charge in [-0.25, -0.2) is 0 Å². The summed E-state index contributed by atoms with van der Waals surface area (Å²) in [6, 6.07) is 0. The van der Waals surface area contributed by atoms with Crippen LogP contribution in [0, 0.1) is 5.92 Å². The van der Waals surface area contributed by atoms with E-state index < -0.39 is 26.2 Å². The van der Waals surface area contributed by atoms with Crippen LogP contribution in [0.15, 0.2) is 0 Å². The van der Waals surface area contributed by atoms with Crippen LogP contribution in [0.1, 0.15) is 13.8 Å². The molecule has 21 heavy (non-hydrogen) atoms. The van der Waals surface area contributed by atoms with Gasteiger partial charge in [-0.15, -0.1) is 0 Å². The molecule has 0 radical (unpaired) electrons. The normalized spacial score (nSPS) is 42.8. The van der Waals surface area contributed by atoms with Crippen molar-refractivity contribution in [1.82, 2.24) is 0 Å². The average molecular weight is 390 g/mol. The van der Waals surface area contributed by atoms with Gasteiger partial charge in [0.2, 0.25) is 0 Å². The van der Waals surface area contributed by atoms with Crippen LogP contribution in [0.25, 0.3) is 0 Å². The third kappa shape index (κ3) is 2.75. The first-order valence-electron chi connectivity index (χ1n) is 8.16. The Hall–Kier alpha value is 2.15. The van der Waals surface area contributed by atoms with Crippen LogP contribution in [0.3, 0.4) is 0 Å². The Bertz CT molecular complexity index is 431. The Morgan fingerprint density at radius 3 is 1.62 bits per heavy atom. The molecule has 0 amide bonds. The molecular formula is C16H43P5+2. The fourth-order valence-corrected chi connectivity index (χ4v) is 70.1. The molecule has 0 aromatic rings. The zero-order chi connectivity index (χ0) is 17.3. The van der Waals surface area contributed by atoms with Gasteiger partial charge in [0, 0.05) is 0 Å². The molecule has 0 aliphatic carbocycles. The number of hydrogen-bond acceptors (Lipinski definition) is 0. The molecule has 0 spiro atoms. The molecule has 0 bridgehead atoms. The monoisotopic (exact) mass is 390 g/mol. The SMILES string of the molecule is CC(C)C1[P+](C)(C)P(C)(C)(C)P(C)C[P+](C)(C)P1(C)(C)C. The van der Waals surface area contributed by atoms with E-state index in [1.54, 1.807) is 5.90 Å². The summed E-state index contributed by atoms with van der Waals surface area (Å²) in [6.07, 6.45) is -1.66. The molecule has 0 aromatic heterocycles. The summed E-state index contributed by atoms with van der Waals surface area (Å²) in [5.74, 6) is 0.887. The summed E-state index contributed by atoms with van der Waals surface area (Å²) < 4.78 is 0. The Morgan fingerprint density at radius 2 is 1.29 bits per heavy atom. The van der Waals surface area contributed by atoms with Crippen LogP contribution in [0.2, 0.25) is 0 Å². The third-order valence-electron chi connectivity index (χ3n) is 7.60. The maximum atomic E-state index is 2.78. The van der Waals surface area contributed by atoms with Gasteiger partial charge in [0.25, 0.3) is 0 Å². The van der Waals surface area contributed by atoms with Crippen molar-refractivity contribution in [3.63, 3.8) is 0 Å². The molecule has 1 heterocycles. The molecule has 0 nitrogen and oxygen atoms in total. The first-order valence-corrected chi connectivity index (χ1v) is 25.1. The van der Waals surface area contributed by atoms with Crippen molar-refractivity contribution in [3.8, 4) is 0 Å². The molecule has 0 N–H and O–H groups in total. The van der Waals surface area contributed by atoms with E-state index in [-0.39, 0.29) is 7.61 Å². The van der Waals surface area contributed by atoms with Crippen molar-refractivity contribution in [2.24, 2.45) is 5.92 Å². The molecule has 2 atom stereocenters. The first-order chi connectivity index (χ1) is 8.76. The molecule has 1 saturated heterocycles. The molecular weight excluding hydrogens is 347 g/mol. The van der Waals surface area contributed by atoms with Gasteiger partial charge in [0.05, 0.1) is 0 Å². The fourth-order valence-electron chi connectivity index (χ4n) is 4.80. The second-order valence-electron chi connectivity index (χ2n) is 11.0. The minimum absolute atomic E-state index is 0.201. The second kappa shape index (κ2) is 5.08. The summed E-state index contributed by atoms with van der Waals surface area (Å²) in [4.78, 5) is 0. The van der Waals surface area contributed by atoms with Crippen molar-refractivity contribution in [2.45, 2.75) is 19.2 Å².